The van der Waals surface area contributed by atoms with E-state index in [0.717, 1.165) is 0 Å². The first-order chi connectivity index (χ1) is 4.48. The van der Waals surface area contributed by atoms with Crippen molar-refractivity contribution >= 4 is 5.78 Å². The average molecular weight is 148 g/mol. The molecule has 0 aliphatic rings. The molecule has 58 valence electrons. The fraction of sp³-hybridized carbons (Fsp3) is 0.571. The molecule has 0 heterocycles. The highest BCUT2D eigenvalue weighted by molar-refractivity contribution is 5.85. The summed E-state index contributed by atoms with van der Waals surface area (Å²) in [5.41, 5.74) is 0. The molecule has 0 amide bonds. The van der Waals surface area contributed by atoms with E-state index < -0.39 is 11.7 Å². The molecule has 0 radical (unpaired) electrons. The van der Waals surface area contributed by atoms with Crippen molar-refractivity contribution in [3.05, 3.63) is 12.7 Å². The Bertz CT molecular complexity index is 135. The molecule has 1 nitrogen and oxygen atoms in total. The van der Waals surface area contributed by atoms with Crippen LogP contribution in [0.25, 0.3) is 0 Å². The fourth-order valence-electron chi connectivity index (χ4n) is 0.453. The van der Waals surface area contributed by atoms with Crippen LogP contribution in [0.2, 0.25) is 0 Å². The van der Waals surface area contributed by atoms with Crippen LogP contribution in [0.3, 0.4) is 0 Å². The predicted octanol–water partition coefficient (Wildman–Crippen LogP) is 2.18. The van der Waals surface area contributed by atoms with Crippen LogP contribution in [0, 0.1) is 0 Å². The first-order valence-corrected chi connectivity index (χ1v) is 3.00. The minimum Gasteiger partial charge on any atom is -0.293 e. The highest BCUT2D eigenvalue weighted by atomic mass is 19.3. The molecular formula is C7H10F2O. The number of Topliss-reactive ketones (excluding diaryl/α,β-unsaturated/α-hetero) is 1. The van der Waals surface area contributed by atoms with E-state index in [0.29, 0.717) is 13.3 Å². The molecular weight excluding hydrogens is 138 g/mol. The second kappa shape index (κ2) is 3.44. The van der Waals surface area contributed by atoms with Gasteiger partial charge in [-0.2, -0.15) is 8.78 Å². The minimum atomic E-state index is -3.18. The third-order valence-corrected chi connectivity index (χ3v) is 1.07. The number of alkyl halides is 2. The topological polar surface area (TPSA) is 17.1 Å². The third-order valence-electron chi connectivity index (χ3n) is 1.07. The minimum absolute atomic E-state index is 0.118. The summed E-state index contributed by atoms with van der Waals surface area (Å²) in [6, 6.07) is 0. The zero-order chi connectivity index (χ0) is 8.20. The van der Waals surface area contributed by atoms with E-state index in [1.165, 1.54) is 6.08 Å². The molecule has 0 atom stereocenters. The van der Waals surface area contributed by atoms with Gasteiger partial charge in [-0.05, 0) is 6.42 Å². The number of hydrogen-bond donors (Lipinski definition) is 0. The molecule has 0 N–H and O–H groups in total. The van der Waals surface area contributed by atoms with Gasteiger partial charge in [0.1, 0.15) is 0 Å². The number of rotatable bonds is 4. The first-order valence-electron chi connectivity index (χ1n) is 3.00. The Morgan fingerprint density at radius 3 is 2.50 bits per heavy atom. The van der Waals surface area contributed by atoms with E-state index in [4.69, 9.17) is 0 Å². The van der Waals surface area contributed by atoms with Crippen LogP contribution in [0.1, 0.15) is 19.8 Å². The quantitative estimate of drug-likeness (QED) is 0.558. The van der Waals surface area contributed by atoms with E-state index in [1.807, 2.05) is 0 Å². The van der Waals surface area contributed by atoms with Gasteiger partial charge in [-0.25, -0.2) is 0 Å². The average Bonchev–Trinajstić information content (AvgIpc) is 1.80. The van der Waals surface area contributed by atoms with Crippen molar-refractivity contribution < 1.29 is 13.6 Å². The highest BCUT2D eigenvalue weighted by Gasteiger charge is 2.30. The second-order valence-corrected chi connectivity index (χ2v) is 2.14. The second-order valence-electron chi connectivity index (χ2n) is 2.14. The summed E-state index contributed by atoms with van der Waals surface area (Å²) in [7, 11) is 0. The van der Waals surface area contributed by atoms with Gasteiger partial charge in [-0.1, -0.05) is 6.08 Å². The maximum atomic E-state index is 12.1. The van der Waals surface area contributed by atoms with Gasteiger partial charge in [0, 0.05) is 13.3 Å². The Kier molecular flexibility index (Phi) is 3.19. The van der Waals surface area contributed by atoms with Crippen molar-refractivity contribution in [1.29, 1.82) is 0 Å². The van der Waals surface area contributed by atoms with E-state index in [9.17, 15) is 13.6 Å². The molecule has 0 unspecified atom stereocenters. The van der Waals surface area contributed by atoms with Crippen molar-refractivity contribution in [2.45, 2.75) is 25.7 Å². The predicted molar refractivity (Wildman–Crippen MR) is 35.1 cm³/mol. The Morgan fingerprint density at radius 2 is 2.20 bits per heavy atom. The van der Waals surface area contributed by atoms with Gasteiger partial charge in [0.25, 0.3) is 0 Å². The zero-order valence-corrected chi connectivity index (χ0v) is 5.86. The lowest BCUT2D eigenvalue weighted by Crippen LogP contribution is -2.23. The molecule has 0 aromatic rings. The van der Waals surface area contributed by atoms with E-state index in [-0.39, 0.29) is 6.42 Å². The van der Waals surface area contributed by atoms with Crippen molar-refractivity contribution in [2.24, 2.45) is 0 Å². The lowest BCUT2D eigenvalue weighted by atomic mass is 10.1. The number of halogens is 2. The van der Waals surface area contributed by atoms with Crippen molar-refractivity contribution in [3.8, 4) is 0 Å². The van der Waals surface area contributed by atoms with Crippen molar-refractivity contribution in [3.63, 3.8) is 0 Å². The van der Waals surface area contributed by atoms with Crippen LogP contribution in [0.5, 0.6) is 0 Å². The van der Waals surface area contributed by atoms with Crippen LogP contribution in [0.15, 0.2) is 12.7 Å². The van der Waals surface area contributed by atoms with Gasteiger partial charge < -0.3 is 0 Å². The summed E-state index contributed by atoms with van der Waals surface area (Å²) in [6.07, 6.45) is 1.65. The Labute approximate surface area is 58.7 Å². The normalized spacial score (nSPS) is 11.1. The summed E-state index contributed by atoms with van der Waals surface area (Å²) in [6.45, 7) is 3.93. The molecule has 0 saturated carbocycles. The molecule has 0 rings (SSSR count). The van der Waals surface area contributed by atoms with Crippen LogP contribution in [-0.2, 0) is 4.79 Å². The number of allylic oxidation sites excluding steroid dienone is 1. The Balaban J connectivity index is 3.74. The monoisotopic (exact) mass is 148 g/mol. The summed E-state index contributed by atoms with van der Waals surface area (Å²) < 4.78 is 24.1. The van der Waals surface area contributed by atoms with Crippen molar-refractivity contribution in [1.82, 2.24) is 0 Å². The number of carbonyl (C=O) groups is 1. The van der Waals surface area contributed by atoms with Gasteiger partial charge in [0.15, 0.2) is 0 Å². The van der Waals surface area contributed by atoms with E-state index in [2.05, 4.69) is 6.58 Å². The Morgan fingerprint density at radius 1 is 1.70 bits per heavy atom. The molecule has 0 fully saturated rings. The maximum absolute atomic E-state index is 12.1. The van der Waals surface area contributed by atoms with Gasteiger partial charge in [-0.3, -0.25) is 4.79 Å². The smallest absolute Gasteiger partial charge is 0.293 e. The lowest BCUT2D eigenvalue weighted by molar-refractivity contribution is -0.140. The van der Waals surface area contributed by atoms with Crippen LogP contribution in [0.4, 0.5) is 8.78 Å². The fourth-order valence-corrected chi connectivity index (χ4v) is 0.453. The molecule has 0 aliphatic carbocycles. The largest absolute Gasteiger partial charge is 0.302 e. The molecule has 0 bridgehead atoms. The molecule has 0 spiro atoms. The summed E-state index contributed by atoms with van der Waals surface area (Å²) >= 11 is 0. The van der Waals surface area contributed by atoms with Gasteiger partial charge in [-0.15, -0.1) is 6.58 Å². The summed E-state index contributed by atoms with van der Waals surface area (Å²) in [4.78, 5) is 10.4. The van der Waals surface area contributed by atoms with Gasteiger partial charge in [0.05, 0.1) is 0 Å². The summed E-state index contributed by atoms with van der Waals surface area (Å²) in [5, 5.41) is 0. The zero-order valence-electron chi connectivity index (χ0n) is 5.86. The number of ketones is 1. The van der Waals surface area contributed by atoms with E-state index in [1.54, 1.807) is 0 Å². The van der Waals surface area contributed by atoms with Crippen LogP contribution in [-0.4, -0.2) is 11.7 Å². The van der Waals surface area contributed by atoms with Crippen molar-refractivity contribution in [2.75, 3.05) is 0 Å². The molecule has 3 heteroatoms. The van der Waals surface area contributed by atoms with Gasteiger partial charge in [0.2, 0.25) is 5.78 Å². The van der Waals surface area contributed by atoms with Crippen LogP contribution < -0.4 is 0 Å². The molecule has 0 aliphatic heterocycles. The molecule has 0 saturated heterocycles. The number of hydrogen-bond acceptors (Lipinski definition) is 1. The maximum Gasteiger partial charge on any atom is 0.302 e. The first kappa shape index (κ1) is 9.27. The van der Waals surface area contributed by atoms with E-state index >= 15 is 0 Å². The van der Waals surface area contributed by atoms with Crippen LogP contribution >= 0.6 is 0 Å². The highest BCUT2D eigenvalue weighted by Crippen LogP contribution is 2.15. The summed E-state index contributed by atoms with van der Waals surface area (Å²) in [5.74, 6) is -4.20. The third kappa shape index (κ3) is 3.33. The van der Waals surface area contributed by atoms with Gasteiger partial charge >= 0.3 is 5.92 Å². The number of carbonyl (C=O) groups excluding carboxylic acids is 1. The molecule has 0 aromatic heterocycles. The Hall–Kier alpha value is -0.730. The molecule has 0 aromatic carbocycles. The standard InChI is InChI=1S/C7H10F2O/c1-3-4-5-6(10)7(2,8)9/h3H,1,4-5H2,2H3. The SMILES string of the molecule is C=CCCC(=O)C(C)(F)F. The lowest BCUT2D eigenvalue weighted by Gasteiger charge is -2.06. The molecule has 10 heavy (non-hydrogen) atoms.